The average molecular weight is 371 g/mol. The number of piperidine rings is 1. The van der Waals surface area contributed by atoms with Crippen LogP contribution >= 0.6 is 0 Å². The van der Waals surface area contributed by atoms with Crippen LogP contribution in [0.1, 0.15) is 29.8 Å². The second kappa shape index (κ2) is 8.46. The van der Waals surface area contributed by atoms with Crippen LogP contribution in [-0.2, 0) is 17.8 Å². The molecule has 1 aromatic heterocycles. The number of methoxy groups -OCH3 is 2. The first kappa shape index (κ1) is 19.3. The maximum absolute atomic E-state index is 12.7. The van der Waals surface area contributed by atoms with E-state index in [0.29, 0.717) is 23.8 Å². The van der Waals surface area contributed by atoms with Gasteiger partial charge in [-0.05, 0) is 56.4 Å². The van der Waals surface area contributed by atoms with Crippen LogP contribution in [0, 0.1) is 19.8 Å². The molecule has 1 saturated heterocycles. The summed E-state index contributed by atoms with van der Waals surface area (Å²) in [6.45, 7) is 6.70. The number of aryl methyl sites for hydroxylation is 2. The van der Waals surface area contributed by atoms with E-state index in [9.17, 15) is 4.79 Å². The van der Waals surface area contributed by atoms with Crippen molar-refractivity contribution in [3.8, 4) is 11.5 Å². The smallest absolute Gasteiger partial charge is 0.226 e. The minimum absolute atomic E-state index is 0.173. The molecule has 0 unspecified atom stereocenters. The number of benzene rings is 1. The summed E-state index contributed by atoms with van der Waals surface area (Å²) in [7, 11) is 3.22. The predicted molar refractivity (Wildman–Crippen MR) is 104 cm³/mol. The van der Waals surface area contributed by atoms with Gasteiger partial charge in [0.05, 0.1) is 26.3 Å². The van der Waals surface area contributed by atoms with Gasteiger partial charge < -0.3 is 14.4 Å². The molecule has 1 amide bonds. The number of carbonyl (C=O) groups is 1. The Bertz CT molecular complexity index is 792. The highest BCUT2D eigenvalue weighted by Gasteiger charge is 2.24. The predicted octanol–water partition coefficient (Wildman–Crippen LogP) is 3.00. The number of likely N-dealkylation sites (tertiary alicyclic amines) is 1. The summed E-state index contributed by atoms with van der Waals surface area (Å²) >= 11 is 0. The zero-order valence-corrected chi connectivity index (χ0v) is 16.7. The van der Waals surface area contributed by atoms with Crippen molar-refractivity contribution in [2.75, 3.05) is 27.3 Å². The molecule has 27 heavy (non-hydrogen) atoms. The average Bonchev–Trinajstić information content (AvgIpc) is 2.99. The molecule has 0 atom stereocenters. The SMILES string of the molecule is COc1ccc(CC(=O)N2CCC(Cn3nc(C)cc3C)CC2)cc1OC. The summed E-state index contributed by atoms with van der Waals surface area (Å²) in [4.78, 5) is 14.7. The van der Waals surface area contributed by atoms with Gasteiger partial charge >= 0.3 is 0 Å². The number of nitrogens with zero attached hydrogens (tertiary/aromatic N) is 3. The second-order valence-corrected chi connectivity index (χ2v) is 7.30. The number of hydrogen-bond donors (Lipinski definition) is 0. The number of ether oxygens (including phenoxy) is 2. The van der Waals surface area contributed by atoms with Gasteiger partial charge in [-0.1, -0.05) is 6.07 Å². The monoisotopic (exact) mass is 371 g/mol. The maximum Gasteiger partial charge on any atom is 0.226 e. The molecule has 146 valence electrons. The first-order chi connectivity index (χ1) is 13.0. The van der Waals surface area contributed by atoms with Gasteiger partial charge in [-0.3, -0.25) is 9.48 Å². The van der Waals surface area contributed by atoms with Crippen LogP contribution in [0.25, 0.3) is 0 Å². The number of carbonyl (C=O) groups excluding carboxylic acids is 1. The van der Waals surface area contributed by atoms with Gasteiger partial charge in [-0.25, -0.2) is 0 Å². The van der Waals surface area contributed by atoms with Gasteiger partial charge in [-0.2, -0.15) is 5.10 Å². The second-order valence-electron chi connectivity index (χ2n) is 7.30. The van der Waals surface area contributed by atoms with Crippen LogP contribution < -0.4 is 9.47 Å². The molecule has 6 heteroatoms. The van der Waals surface area contributed by atoms with E-state index >= 15 is 0 Å². The molecule has 0 aliphatic carbocycles. The highest BCUT2D eigenvalue weighted by Crippen LogP contribution is 2.28. The zero-order chi connectivity index (χ0) is 19.4. The Morgan fingerprint density at radius 2 is 1.81 bits per heavy atom. The molecule has 0 N–H and O–H groups in total. The van der Waals surface area contributed by atoms with Crippen molar-refractivity contribution in [3.63, 3.8) is 0 Å². The zero-order valence-electron chi connectivity index (χ0n) is 16.7. The number of amides is 1. The van der Waals surface area contributed by atoms with Gasteiger partial charge in [0.1, 0.15) is 0 Å². The molecule has 0 saturated carbocycles. The third-order valence-electron chi connectivity index (χ3n) is 5.31. The molecule has 0 spiro atoms. The molecule has 3 rings (SSSR count). The van der Waals surface area contributed by atoms with Crippen LogP contribution in [0.15, 0.2) is 24.3 Å². The van der Waals surface area contributed by atoms with Gasteiger partial charge in [0.25, 0.3) is 0 Å². The Kier molecular flexibility index (Phi) is 6.04. The summed E-state index contributed by atoms with van der Waals surface area (Å²) in [6, 6.07) is 7.77. The van der Waals surface area contributed by atoms with Crippen LogP contribution in [0.2, 0.25) is 0 Å². The molecule has 1 fully saturated rings. The summed E-state index contributed by atoms with van der Waals surface area (Å²) in [5.74, 6) is 2.09. The number of rotatable bonds is 6. The highest BCUT2D eigenvalue weighted by atomic mass is 16.5. The fourth-order valence-corrected chi connectivity index (χ4v) is 3.75. The Balaban J connectivity index is 1.53. The fourth-order valence-electron chi connectivity index (χ4n) is 3.75. The molecule has 0 radical (unpaired) electrons. The molecule has 0 bridgehead atoms. The minimum Gasteiger partial charge on any atom is -0.493 e. The maximum atomic E-state index is 12.7. The van der Waals surface area contributed by atoms with E-state index in [4.69, 9.17) is 9.47 Å². The molecule has 2 aromatic rings. The Morgan fingerprint density at radius 3 is 2.41 bits per heavy atom. The van der Waals surface area contributed by atoms with E-state index in [2.05, 4.69) is 22.8 Å². The van der Waals surface area contributed by atoms with Crippen molar-refractivity contribution >= 4 is 5.91 Å². The van der Waals surface area contributed by atoms with Gasteiger partial charge in [0.2, 0.25) is 5.91 Å². The lowest BCUT2D eigenvalue weighted by Gasteiger charge is -2.32. The van der Waals surface area contributed by atoms with Gasteiger partial charge in [-0.15, -0.1) is 0 Å². The summed E-state index contributed by atoms with van der Waals surface area (Å²) in [6.07, 6.45) is 2.44. The third kappa shape index (κ3) is 4.62. The molecule has 6 nitrogen and oxygen atoms in total. The van der Waals surface area contributed by atoms with Crippen molar-refractivity contribution in [3.05, 3.63) is 41.2 Å². The van der Waals surface area contributed by atoms with Crippen LogP contribution in [0.4, 0.5) is 0 Å². The molecular weight excluding hydrogens is 342 g/mol. The highest BCUT2D eigenvalue weighted by molar-refractivity contribution is 5.79. The Morgan fingerprint density at radius 1 is 1.11 bits per heavy atom. The largest absolute Gasteiger partial charge is 0.493 e. The third-order valence-corrected chi connectivity index (χ3v) is 5.31. The van der Waals surface area contributed by atoms with Crippen LogP contribution in [0.5, 0.6) is 11.5 Å². The summed E-state index contributed by atoms with van der Waals surface area (Å²) in [5.41, 5.74) is 3.22. The van der Waals surface area contributed by atoms with E-state index in [0.717, 1.165) is 43.7 Å². The van der Waals surface area contributed by atoms with Crippen LogP contribution in [0.3, 0.4) is 0 Å². The van der Waals surface area contributed by atoms with Crippen molar-refractivity contribution in [2.45, 2.75) is 39.7 Å². The van der Waals surface area contributed by atoms with Crippen molar-refractivity contribution in [2.24, 2.45) is 5.92 Å². The molecular formula is C21H29N3O3. The summed E-state index contributed by atoms with van der Waals surface area (Å²) in [5, 5.41) is 4.56. The standard InChI is InChI=1S/C21H29N3O3/c1-15-11-16(2)24(22-15)14-17-7-9-23(10-8-17)21(25)13-18-5-6-19(26-3)20(12-18)27-4/h5-6,11-12,17H,7-10,13-14H2,1-4H3. The van der Waals surface area contributed by atoms with Gasteiger partial charge in [0.15, 0.2) is 11.5 Å². The lowest BCUT2D eigenvalue weighted by atomic mass is 9.96. The van der Waals surface area contributed by atoms with Crippen LogP contribution in [-0.4, -0.2) is 47.9 Å². The number of hydrogen-bond acceptors (Lipinski definition) is 4. The minimum atomic E-state index is 0.173. The van der Waals surface area contributed by atoms with E-state index < -0.39 is 0 Å². The number of aromatic nitrogens is 2. The van der Waals surface area contributed by atoms with Crippen molar-refractivity contribution in [1.82, 2.24) is 14.7 Å². The molecule has 1 aliphatic heterocycles. The quantitative estimate of drug-likeness (QED) is 0.783. The van der Waals surface area contributed by atoms with E-state index in [1.165, 1.54) is 5.69 Å². The molecule has 1 aromatic carbocycles. The topological polar surface area (TPSA) is 56.6 Å². The lowest BCUT2D eigenvalue weighted by Crippen LogP contribution is -2.40. The first-order valence-corrected chi connectivity index (χ1v) is 9.50. The van der Waals surface area contributed by atoms with Crippen molar-refractivity contribution in [1.29, 1.82) is 0 Å². The Labute approximate surface area is 161 Å². The Hall–Kier alpha value is -2.50. The van der Waals surface area contributed by atoms with E-state index in [-0.39, 0.29) is 5.91 Å². The van der Waals surface area contributed by atoms with Gasteiger partial charge in [0, 0.05) is 25.3 Å². The first-order valence-electron chi connectivity index (χ1n) is 9.50. The van der Waals surface area contributed by atoms with Crippen molar-refractivity contribution < 1.29 is 14.3 Å². The molecule has 2 heterocycles. The van der Waals surface area contributed by atoms with E-state index in [1.807, 2.05) is 30.0 Å². The van der Waals surface area contributed by atoms with E-state index in [1.54, 1.807) is 14.2 Å². The normalized spacial score (nSPS) is 15.0. The fraction of sp³-hybridized carbons (Fsp3) is 0.524. The lowest BCUT2D eigenvalue weighted by molar-refractivity contribution is -0.131. The summed E-state index contributed by atoms with van der Waals surface area (Å²) < 4.78 is 12.7. The molecule has 1 aliphatic rings.